The molecule has 1 unspecified atom stereocenters. The molecule has 23 heavy (non-hydrogen) atoms. The fraction of sp³-hybridized carbons (Fsp3) is 0.176. The second-order valence-electron chi connectivity index (χ2n) is 5.28. The first-order chi connectivity index (χ1) is 11.1. The number of nitrogens with zero attached hydrogens (tertiary/aromatic N) is 1. The van der Waals surface area contributed by atoms with Gasteiger partial charge in [-0.3, -0.25) is 9.59 Å². The zero-order valence-electron chi connectivity index (χ0n) is 12.2. The Morgan fingerprint density at radius 1 is 1.17 bits per heavy atom. The highest BCUT2D eigenvalue weighted by atomic mass is 32.2. The first-order valence-corrected chi connectivity index (χ1v) is 8.15. The van der Waals surface area contributed by atoms with Crippen LogP contribution in [-0.4, -0.2) is 22.5 Å². The van der Waals surface area contributed by atoms with Crippen molar-refractivity contribution in [1.29, 1.82) is 0 Å². The average Bonchev–Trinajstić information content (AvgIpc) is 2.80. The van der Waals surface area contributed by atoms with Gasteiger partial charge >= 0.3 is 0 Å². The van der Waals surface area contributed by atoms with E-state index in [9.17, 15) is 14.0 Å². The molecule has 0 fully saturated rings. The summed E-state index contributed by atoms with van der Waals surface area (Å²) >= 11 is 1.33. The lowest BCUT2D eigenvalue weighted by atomic mass is 10.1. The van der Waals surface area contributed by atoms with Crippen LogP contribution in [0.3, 0.4) is 0 Å². The van der Waals surface area contributed by atoms with Crippen molar-refractivity contribution in [2.75, 3.05) is 5.75 Å². The van der Waals surface area contributed by atoms with Gasteiger partial charge in [0.05, 0.1) is 5.75 Å². The van der Waals surface area contributed by atoms with Gasteiger partial charge in [0.2, 0.25) is 5.91 Å². The smallest absolute Gasteiger partial charge is 0.255 e. The first kappa shape index (κ1) is 15.6. The minimum absolute atomic E-state index is 0.0908. The summed E-state index contributed by atoms with van der Waals surface area (Å²) in [5, 5.41) is -0.267. The number of fused-ring (bicyclic) bond motifs is 1. The second-order valence-corrected chi connectivity index (χ2v) is 6.34. The van der Waals surface area contributed by atoms with E-state index in [1.807, 2.05) is 18.2 Å². The molecule has 2 aromatic rings. The van der Waals surface area contributed by atoms with Gasteiger partial charge in [-0.15, -0.1) is 11.8 Å². The van der Waals surface area contributed by atoms with Crippen LogP contribution in [-0.2, 0) is 11.3 Å². The number of primary amides is 1. The Balaban J connectivity index is 1.88. The van der Waals surface area contributed by atoms with Crippen LogP contribution in [0, 0.1) is 5.82 Å². The summed E-state index contributed by atoms with van der Waals surface area (Å²) in [4.78, 5) is 25.4. The molecule has 2 N–H and O–H groups in total. The molecule has 1 atom stereocenters. The molecule has 2 aromatic carbocycles. The van der Waals surface area contributed by atoms with Crippen molar-refractivity contribution in [3.05, 3.63) is 71.0 Å². The van der Waals surface area contributed by atoms with Crippen molar-refractivity contribution >= 4 is 23.6 Å². The number of carbonyl (C=O) groups is 2. The van der Waals surface area contributed by atoms with Crippen LogP contribution in [0.2, 0.25) is 0 Å². The van der Waals surface area contributed by atoms with Crippen LogP contribution in [0.25, 0.3) is 0 Å². The Kier molecular flexibility index (Phi) is 4.34. The highest BCUT2D eigenvalue weighted by Crippen LogP contribution is 2.41. The number of amides is 2. The van der Waals surface area contributed by atoms with Gasteiger partial charge in [0.25, 0.3) is 5.91 Å². The second kappa shape index (κ2) is 6.42. The Morgan fingerprint density at radius 3 is 2.57 bits per heavy atom. The minimum Gasteiger partial charge on any atom is -0.369 e. The molecule has 1 aliphatic rings. The monoisotopic (exact) mass is 330 g/mol. The molecule has 1 heterocycles. The maximum absolute atomic E-state index is 13.0. The Hall–Kier alpha value is -2.34. The molecule has 118 valence electrons. The predicted octanol–water partition coefficient (Wildman–Crippen LogP) is 2.70. The van der Waals surface area contributed by atoms with Gasteiger partial charge in [-0.25, -0.2) is 4.39 Å². The maximum atomic E-state index is 13.0. The molecule has 6 heteroatoms. The molecule has 1 aliphatic heterocycles. The van der Waals surface area contributed by atoms with Crippen LogP contribution in [0.1, 0.15) is 26.9 Å². The van der Waals surface area contributed by atoms with Crippen molar-refractivity contribution in [2.24, 2.45) is 5.73 Å². The van der Waals surface area contributed by atoms with Gasteiger partial charge in [0.1, 0.15) is 11.2 Å². The molecule has 3 rings (SSSR count). The van der Waals surface area contributed by atoms with E-state index < -0.39 is 5.91 Å². The molecular weight excluding hydrogens is 315 g/mol. The SMILES string of the molecule is NC(=O)CSC1c2ccccc2C(=O)N1Cc1ccc(F)cc1. The number of hydrogen-bond donors (Lipinski definition) is 1. The molecule has 2 amide bonds. The van der Waals surface area contributed by atoms with Gasteiger partial charge in [0, 0.05) is 12.1 Å². The van der Waals surface area contributed by atoms with Crippen molar-refractivity contribution in [3.63, 3.8) is 0 Å². The highest BCUT2D eigenvalue weighted by Gasteiger charge is 2.36. The zero-order chi connectivity index (χ0) is 16.4. The molecule has 0 bridgehead atoms. The van der Waals surface area contributed by atoms with Crippen molar-refractivity contribution in [1.82, 2.24) is 4.90 Å². The van der Waals surface area contributed by atoms with Crippen LogP contribution in [0.5, 0.6) is 0 Å². The first-order valence-electron chi connectivity index (χ1n) is 7.10. The van der Waals surface area contributed by atoms with E-state index in [4.69, 9.17) is 5.73 Å². The van der Waals surface area contributed by atoms with Crippen LogP contribution < -0.4 is 5.73 Å². The predicted molar refractivity (Wildman–Crippen MR) is 87.1 cm³/mol. The summed E-state index contributed by atoms with van der Waals surface area (Å²) in [6, 6.07) is 13.4. The van der Waals surface area contributed by atoms with E-state index in [0.717, 1.165) is 11.1 Å². The number of hydrogen-bond acceptors (Lipinski definition) is 3. The number of thioether (sulfide) groups is 1. The third-order valence-corrected chi connectivity index (χ3v) is 4.93. The third-order valence-electron chi connectivity index (χ3n) is 3.65. The Labute approximate surface area is 137 Å². The topological polar surface area (TPSA) is 63.4 Å². The maximum Gasteiger partial charge on any atom is 0.255 e. The number of nitrogens with two attached hydrogens (primary N) is 1. The van der Waals surface area contributed by atoms with E-state index in [1.165, 1.54) is 23.9 Å². The minimum atomic E-state index is -0.423. The molecular formula is C17H15FN2O2S. The average molecular weight is 330 g/mol. The summed E-state index contributed by atoms with van der Waals surface area (Å²) in [5.74, 6) is -0.698. The number of halogens is 1. The van der Waals surface area contributed by atoms with Crippen molar-refractivity contribution in [2.45, 2.75) is 11.9 Å². The van der Waals surface area contributed by atoms with Gasteiger partial charge in [-0.1, -0.05) is 30.3 Å². The molecule has 0 aromatic heterocycles. The molecule has 0 radical (unpaired) electrons. The van der Waals surface area contributed by atoms with E-state index in [1.54, 1.807) is 23.1 Å². The molecule has 0 spiro atoms. The lowest BCUT2D eigenvalue weighted by molar-refractivity contribution is -0.115. The van der Waals surface area contributed by atoms with E-state index in [-0.39, 0.29) is 22.9 Å². The number of benzene rings is 2. The van der Waals surface area contributed by atoms with Gasteiger partial charge in [-0.05, 0) is 29.3 Å². The lowest BCUT2D eigenvalue weighted by Crippen LogP contribution is -2.27. The molecule has 0 aliphatic carbocycles. The summed E-state index contributed by atoms with van der Waals surface area (Å²) in [5.41, 5.74) is 7.58. The summed E-state index contributed by atoms with van der Waals surface area (Å²) in [6.45, 7) is 0.351. The van der Waals surface area contributed by atoms with Crippen LogP contribution in [0.15, 0.2) is 48.5 Å². The number of rotatable bonds is 5. The van der Waals surface area contributed by atoms with Gasteiger partial charge < -0.3 is 10.6 Å². The van der Waals surface area contributed by atoms with Crippen LogP contribution in [0.4, 0.5) is 4.39 Å². The normalized spacial score (nSPS) is 16.5. The fourth-order valence-corrected chi connectivity index (χ4v) is 3.68. The standard InChI is InChI=1S/C17H15FN2O2S/c18-12-7-5-11(6-8-12)9-20-16(22)13-3-1-2-4-14(13)17(20)23-10-15(19)21/h1-8,17H,9-10H2,(H2,19,21). The summed E-state index contributed by atoms with van der Waals surface area (Å²) in [6.07, 6.45) is 0. The molecule has 0 saturated heterocycles. The van der Waals surface area contributed by atoms with Crippen molar-refractivity contribution in [3.8, 4) is 0 Å². The molecule has 0 saturated carbocycles. The Morgan fingerprint density at radius 2 is 1.87 bits per heavy atom. The lowest BCUT2D eigenvalue weighted by Gasteiger charge is -2.24. The third kappa shape index (κ3) is 3.22. The van der Waals surface area contributed by atoms with E-state index >= 15 is 0 Å². The largest absolute Gasteiger partial charge is 0.369 e. The van der Waals surface area contributed by atoms with Gasteiger partial charge in [-0.2, -0.15) is 0 Å². The quantitative estimate of drug-likeness (QED) is 0.917. The van der Waals surface area contributed by atoms with E-state index in [0.29, 0.717) is 12.1 Å². The fourth-order valence-electron chi connectivity index (χ4n) is 2.62. The van der Waals surface area contributed by atoms with Gasteiger partial charge in [0.15, 0.2) is 0 Å². The number of carbonyl (C=O) groups excluding carboxylic acids is 2. The highest BCUT2D eigenvalue weighted by molar-refractivity contribution is 8.00. The van der Waals surface area contributed by atoms with E-state index in [2.05, 4.69) is 0 Å². The summed E-state index contributed by atoms with van der Waals surface area (Å²) in [7, 11) is 0. The zero-order valence-corrected chi connectivity index (χ0v) is 13.1. The van der Waals surface area contributed by atoms with Crippen LogP contribution >= 0.6 is 11.8 Å². The Bertz CT molecular complexity index is 749. The van der Waals surface area contributed by atoms with Crippen molar-refractivity contribution < 1.29 is 14.0 Å². The molecule has 4 nitrogen and oxygen atoms in total. The summed E-state index contributed by atoms with van der Waals surface area (Å²) < 4.78 is 13.0.